The first-order valence-electron chi connectivity index (χ1n) is 6.01. The predicted octanol–water partition coefficient (Wildman–Crippen LogP) is 2.12. The van der Waals surface area contributed by atoms with Gasteiger partial charge in [0.25, 0.3) is 0 Å². The topological polar surface area (TPSA) is 24.1 Å². The molecule has 0 radical (unpaired) electrons. The first-order valence-corrected chi connectivity index (χ1v) is 6.01. The summed E-state index contributed by atoms with van der Waals surface area (Å²) in [6.45, 7) is 3.46. The lowest BCUT2D eigenvalue weighted by molar-refractivity contribution is 0.462. The van der Waals surface area contributed by atoms with Crippen LogP contribution in [0.3, 0.4) is 0 Å². The van der Waals surface area contributed by atoms with Gasteiger partial charge in [0.2, 0.25) is 0 Å². The van der Waals surface area contributed by atoms with Gasteiger partial charge in [0.1, 0.15) is 0 Å². The fourth-order valence-electron chi connectivity index (χ4n) is 2.82. The smallest absolute Gasteiger partial charge is 0.0409 e. The van der Waals surface area contributed by atoms with Gasteiger partial charge in [-0.25, -0.2) is 0 Å². The summed E-state index contributed by atoms with van der Waals surface area (Å²) in [5, 5.41) is 7.03. The van der Waals surface area contributed by atoms with Gasteiger partial charge in [0.15, 0.2) is 0 Å². The highest BCUT2D eigenvalue weighted by molar-refractivity contribution is 5.62. The van der Waals surface area contributed by atoms with Crippen molar-refractivity contribution in [1.29, 1.82) is 0 Å². The van der Waals surface area contributed by atoms with E-state index in [-0.39, 0.29) is 0 Å². The van der Waals surface area contributed by atoms with Gasteiger partial charge in [-0.05, 0) is 42.9 Å². The zero-order chi connectivity index (χ0) is 10.1. The molecule has 0 spiro atoms. The number of fused-ring (bicyclic) bond motifs is 1. The molecule has 0 aliphatic carbocycles. The van der Waals surface area contributed by atoms with E-state index in [1.165, 1.54) is 42.6 Å². The van der Waals surface area contributed by atoms with E-state index in [1.807, 2.05) is 0 Å². The second kappa shape index (κ2) is 3.86. The molecule has 1 fully saturated rings. The van der Waals surface area contributed by atoms with Crippen LogP contribution in [-0.2, 0) is 6.42 Å². The van der Waals surface area contributed by atoms with Gasteiger partial charge >= 0.3 is 0 Å². The molecular formula is C13H18N2. The van der Waals surface area contributed by atoms with Crippen molar-refractivity contribution >= 4 is 5.69 Å². The third-order valence-electron chi connectivity index (χ3n) is 3.62. The summed E-state index contributed by atoms with van der Waals surface area (Å²) in [6.07, 6.45) is 3.85. The lowest BCUT2D eigenvalue weighted by Crippen LogP contribution is -2.28. The molecule has 0 saturated carbocycles. The Balaban J connectivity index is 1.93. The molecule has 1 saturated heterocycles. The van der Waals surface area contributed by atoms with Crippen LogP contribution < -0.4 is 10.6 Å². The molecule has 15 heavy (non-hydrogen) atoms. The minimum absolute atomic E-state index is 0.722. The summed E-state index contributed by atoms with van der Waals surface area (Å²) in [5.74, 6) is 0.722. The minimum Gasteiger partial charge on any atom is -0.384 e. The maximum Gasteiger partial charge on any atom is 0.0409 e. The van der Waals surface area contributed by atoms with Gasteiger partial charge in [0, 0.05) is 18.8 Å². The Kier molecular flexibility index (Phi) is 2.37. The van der Waals surface area contributed by atoms with Crippen LogP contribution in [0.25, 0.3) is 0 Å². The summed E-state index contributed by atoms with van der Waals surface area (Å²) >= 11 is 0. The zero-order valence-corrected chi connectivity index (χ0v) is 9.05. The molecule has 0 amide bonds. The maximum absolute atomic E-state index is 3.54. The van der Waals surface area contributed by atoms with Crippen molar-refractivity contribution in [1.82, 2.24) is 5.32 Å². The van der Waals surface area contributed by atoms with Crippen LogP contribution in [-0.4, -0.2) is 19.6 Å². The number of hydrogen-bond donors (Lipinski definition) is 2. The number of anilines is 1. The average molecular weight is 202 g/mol. The van der Waals surface area contributed by atoms with Crippen LogP contribution in [0.4, 0.5) is 5.69 Å². The number of hydrogen-bond acceptors (Lipinski definition) is 2. The maximum atomic E-state index is 3.54. The van der Waals surface area contributed by atoms with Crippen LogP contribution >= 0.6 is 0 Å². The molecule has 2 nitrogen and oxygen atoms in total. The fourth-order valence-corrected chi connectivity index (χ4v) is 2.82. The lowest BCUT2D eigenvalue weighted by atomic mass is 9.89. The Hall–Kier alpha value is -1.02. The molecule has 3 rings (SSSR count). The Morgan fingerprint density at radius 2 is 2.20 bits per heavy atom. The van der Waals surface area contributed by atoms with Gasteiger partial charge in [-0.15, -0.1) is 0 Å². The molecule has 2 aliphatic rings. The Morgan fingerprint density at radius 1 is 1.20 bits per heavy atom. The highest BCUT2D eigenvalue weighted by Crippen LogP contribution is 2.34. The van der Waals surface area contributed by atoms with E-state index in [0.29, 0.717) is 0 Å². The monoisotopic (exact) mass is 202 g/mol. The summed E-state index contributed by atoms with van der Waals surface area (Å²) in [7, 11) is 0. The largest absolute Gasteiger partial charge is 0.384 e. The van der Waals surface area contributed by atoms with Crippen molar-refractivity contribution < 1.29 is 0 Å². The molecule has 0 unspecified atom stereocenters. The van der Waals surface area contributed by atoms with Crippen molar-refractivity contribution in [2.24, 2.45) is 0 Å². The van der Waals surface area contributed by atoms with E-state index in [9.17, 15) is 0 Å². The molecule has 2 aliphatic heterocycles. The Morgan fingerprint density at radius 3 is 3.07 bits per heavy atom. The summed E-state index contributed by atoms with van der Waals surface area (Å²) in [5.41, 5.74) is 4.49. The van der Waals surface area contributed by atoms with E-state index in [2.05, 4.69) is 28.8 Å². The summed E-state index contributed by atoms with van der Waals surface area (Å²) in [6, 6.07) is 6.78. The molecule has 1 atom stereocenters. The van der Waals surface area contributed by atoms with Crippen LogP contribution in [0, 0.1) is 0 Å². The quantitative estimate of drug-likeness (QED) is 0.729. The zero-order valence-electron chi connectivity index (χ0n) is 9.05. The second-order valence-electron chi connectivity index (χ2n) is 4.60. The van der Waals surface area contributed by atoms with Crippen LogP contribution in [0.5, 0.6) is 0 Å². The van der Waals surface area contributed by atoms with Crippen LogP contribution in [0.1, 0.15) is 29.9 Å². The number of para-hydroxylation sites is 1. The van der Waals surface area contributed by atoms with Crippen molar-refractivity contribution in [3.05, 3.63) is 29.3 Å². The van der Waals surface area contributed by atoms with E-state index < -0.39 is 0 Å². The van der Waals surface area contributed by atoms with Crippen molar-refractivity contribution in [3.8, 4) is 0 Å². The Bertz CT molecular complexity index is 354. The first-order chi connectivity index (χ1) is 7.45. The number of benzene rings is 1. The third kappa shape index (κ3) is 1.63. The molecule has 1 aromatic rings. The molecule has 2 N–H and O–H groups in total. The van der Waals surface area contributed by atoms with Gasteiger partial charge in [-0.3, -0.25) is 0 Å². The van der Waals surface area contributed by atoms with Crippen molar-refractivity contribution in [3.63, 3.8) is 0 Å². The third-order valence-corrected chi connectivity index (χ3v) is 3.62. The molecule has 2 heteroatoms. The van der Waals surface area contributed by atoms with Crippen molar-refractivity contribution in [2.45, 2.75) is 25.2 Å². The average Bonchev–Trinajstić information content (AvgIpc) is 2.78. The molecule has 2 heterocycles. The Labute approximate surface area is 91.1 Å². The second-order valence-corrected chi connectivity index (χ2v) is 4.60. The van der Waals surface area contributed by atoms with Gasteiger partial charge < -0.3 is 10.6 Å². The first kappa shape index (κ1) is 9.22. The van der Waals surface area contributed by atoms with E-state index in [4.69, 9.17) is 0 Å². The number of nitrogens with one attached hydrogen (secondary N) is 2. The molecule has 1 aromatic carbocycles. The van der Waals surface area contributed by atoms with Crippen LogP contribution in [0.2, 0.25) is 0 Å². The molecular weight excluding hydrogens is 184 g/mol. The lowest BCUT2D eigenvalue weighted by Gasteiger charge is -2.25. The minimum atomic E-state index is 0.722. The SMILES string of the molecule is c1cc2c(c([C@H]3CCCNC3)c1)NCC2. The van der Waals surface area contributed by atoms with E-state index in [1.54, 1.807) is 0 Å². The van der Waals surface area contributed by atoms with E-state index in [0.717, 1.165) is 19.0 Å². The summed E-state index contributed by atoms with van der Waals surface area (Å²) in [4.78, 5) is 0. The fraction of sp³-hybridized carbons (Fsp3) is 0.538. The van der Waals surface area contributed by atoms with Gasteiger partial charge in [0.05, 0.1) is 0 Å². The van der Waals surface area contributed by atoms with Gasteiger partial charge in [-0.1, -0.05) is 18.2 Å². The number of rotatable bonds is 1. The molecule has 0 aromatic heterocycles. The molecule has 0 bridgehead atoms. The van der Waals surface area contributed by atoms with E-state index >= 15 is 0 Å². The van der Waals surface area contributed by atoms with Crippen LogP contribution in [0.15, 0.2) is 18.2 Å². The number of piperidine rings is 1. The standard InChI is InChI=1S/C13H18N2/c1-3-10-6-8-15-13(10)12(5-1)11-4-2-7-14-9-11/h1,3,5,11,14-15H,2,4,6-9H2/t11-/m0/s1. The highest BCUT2D eigenvalue weighted by Gasteiger charge is 2.21. The normalized spacial score (nSPS) is 24.7. The predicted molar refractivity (Wildman–Crippen MR) is 63.5 cm³/mol. The molecule has 80 valence electrons. The van der Waals surface area contributed by atoms with Gasteiger partial charge in [-0.2, -0.15) is 0 Å². The highest BCUT2D eigenvalue weighted by atomic mass is 14.9. The van der Waals surface area contributed by atoms with Crippen molar-refractivity contribution in [2.75, 3.05) is 25.0 Å². The summed E-state index contributed by atoms with van der Waals surface area (Å²) < 4.78 is 0.